The molecule has 2 heterocycles. The number of aromatic nitrogens is 1. The molecule has 1 amide bonds. The van der Waals surface area contributed by atoms with Gasteiger partial charge in [0.2, 0.25) is 0 Å². The van der Waals surface area contributed by atoms with Gasteiger partial charge in [-0.15, -0.1) is 0 Å². The van der Waals surface area contributed by atoms with Crippen LogP contribution in [0.15, 0.2) is 35.3 Å². The monoisotopic (exact) mass is 510 g/mol. The van der Waals surface area contributed by atoms with Gasteiger partial charge in [-0.05, 0) is 45.8 Å². The standard InChI is InChI=1S/C24H28F4N4O2.C2H6/c1-31-9-5-16(6-10-31)30-19-11-20(33)32(24(14-25)7-8-24)13-18(19)23(34)29-12-15-3-2-4-17(21(15)26)22(27)28;1-2/h2-4,11,13,16,22,30H,5-10,12,14H2,1H3,(H,29,34);1-2H3. The van der Waals surface area contributed by atoms with Crippen LogP contribution in [0.25, 0.3) is 0 Å². The highest BCUT2D eigenvalue weighted by atomic mass is 19.3. The van der Waals surface area contributed by atoms with Crippen molar-refractivity contribution in [2.45, 2.75) is 64.1 Å². The van der Waals surface area contributed by atoms with Crippen LogP contribution >= 0.6 is 0 Å². The summed E-state index contributed by atoms with van der Waals surface area (Å²) in [5, 5.41) is 5.84. The van der Waals surface area contributed by atoms with Crippen molar-refractivity contribution < 1.29 is 22.4 Å². The highest BCUT2D eigenvalue weighted by Crippen LogP contribution is 2.43. The van der Waals surface area contributed by atoms with E-state index in [4.69, 9.17) is 0 Å². The lowest BCUT2D eigenvalue weighted by Crippen LogP contribution is -2.38. The van der Waals surface area contributed by atoms with E-state index >= 15 is 0 Å². The fraction of sp³-hybridized carbons (Fsp3) is 0.538. The van der Waals surface area contributed by atoms with Gasteiger partial charge in [-0.1, -0.05) is 32.0 Å². The van der Waals surface area contributed by atoms with Gasteiger partial charge in [0.15, 0.2) is 0 Å². The number of nitrogens with zero attached hydrogens (tertiary/aromatic N) is 2. The Hall–Kier alpha value is -2.88. The Morgan fingerprint density at radius 3 is 2.44 bits per heavy atom. The lowest BCUT2D eigenvalue weighted by atomic mass is 10.0. The molecule has 4 rings (SSSR count). The molecule has 1 aliphatic carbocycles. The Balaban J connectivity index is 0.00000176. The summed E-state index contributed by atoms with van der Waals surface area (Å²) in [6.45, 7) is 4.69. The number of carbonyl (C=O) groups excluding carboxylic acids is 1. The molecule has 1 aromatic carbocycles. The normalized spacial score (nSPS) is 17.3. The molecule has 0 unspecified atom stereocenters. The summed E-state index contributed by atoms with van der Waals surface area (Å²) in [4.78, 5) is 28.1. The number of pyridine rings is 1. The van der Waals surface area contributed by atoms with E-state index in [1.807, 2.05) is 20.9 Å². The number of halogens is 4. The molecular formula is C26H34F4N4O2. The second-order valence-corrected chi connectivity index (χ2v) is 9.19. The number of benzene rings is 1. The number of alkyl halides is 3. The first kappa shape index (κ1) is 27.7. The quantitative estimate of drug-likeness (QED) is 0.499. The first-order chi connectivity index (χ1) is 17.2. The van der Waals surface area contributed by atoms with E-state index in [1.165, 1.54) is 29.0 Å². The van der Waals surface area contributed by atoms with E-state index in [9.17, 15) is 27.2 Å². The third kappa shape index (κ3) is 6.08. The van der Waals surface area contributed by atoms with Crippen molar-refractivity contribution in [2.75, 3.05) is 32.1 Å². The van der Waals surface area contributed by atoms with E-state index in [0.29, 0.717) is 18.5 Å². The number of hydrogen-bond acceptors (Lipinski definition) is 4. The number of hydrogen-bond donors (Lipinski definition) is 2. The minimum absolute atomic E-state index is 0.0502. The summed E-state index contributed by atoms with van der Waals surface area (Å²) < 4.78 is 55.3. The van der Waals surface area contributed by atoms with Crippen LogP contribution in [0.4, 0.5) is 23.2 Å². The number of likely N-dealkylation sites (tertiary alicyclic amines) is 1. The van der Waals surface area contributed by atoms with Gasteiger partial charge in [-0.25, -0.2) is 17.6 Å². The highest BCUT2D eigenvalue weighted by molar-refractivity contribution is 5.99. The SMILES string of the molecule is CC.CN1CCC(Nc2cc(=O)n(C3(CF)CC3)cc2C(=O)NCc2cccc(C(F)F)c2F)CC1. The molecular weight excluding hydrogens is 476 g/mol. The molecule has 0 bridgehead atoms. The van der Waals surface area contributed by atoms with Gasteiger partial charge in [0.25, 0.3) is 17.9 Å². The number of rotatable bonds is 8. The van der Waals surface area contributed by atoms with Crippen LogP contribution in [0.2, 0.25) is 0 Å². The molecule has 36 heavy (non-hydrogen) atoms. The van der Waals surface area contributed by atoms with Crippen molar-refractivity contribution >= 4 is 11.6 Å². The lowest BCUT2D eigenvalue weighted by molar-refractivity contribution is 0.0950. The number of piperidine rings is 1. The van der Waals surface area contributed by atoms with Gasteiger partial charge in [0, 0.05) is 30.4 Å². The van der Waals surface area contributed by atoms with Crippen LogP contribution in [0, 0.1) is 5.82 Å². The van der Waals surface area contributed by atoms with Gasteiger partial charge in [-0.3, -0.25) is 9.59 Å². The van der Waals surface area contributed by atoms with E-state index < -0.39 is 41.5 Å². The topological polar surface area (TPSA) is 66.4 Å². The van der Waals surface area contributed by atoms with Gasteiger partial charge in [0.1, 0.15) is 12.5 Å². The Morgan fingerprint density at radius 2 is 1.86 bits per heavy atom. The maximum atomic E-state index is 14.4. The zero-order chi connectivity index (χ0) is 26.5. The summed E-state index contributed by atoms with van der Waals surface area (Å²) in [7, 11) is 2.02. The Bertz CT molecular complexity index is 1110. The van der Waals surface area contributed by atoms with Crippen molar-refractivity contribution in [3.05, 3.63) is 63.3 Å². The molecule has 1 aliphatic heterocycles. The van der Waals surface area contributed by atoms with Gasteiger partial charge in [-0.2, -0.15) is 0 Å². The molecule has 2 N–H and O–H groups in total. The van der Waals surface area contributed by atoms with E-state index in [1.54, 1.807) is 0 Å². The summed E-state index contributed by atoms with van der Waals surface area (Å²) in [6, 6.07) is 4.98. The lowest BCUT2D eigenvalue weighted by Gasteiger charge is -2.31. The third-order valence-corrected chi connectivity index (χ3v) is 6.75. The van der Waals surface area contributed by atoms with Crippen LogP contribution in [-0.4, -0.2) is 48.2 Å². The summed E-state index contributed by atoms with van der Waals surface area (Å²) >= 11 is 0. The average Bonchev–Trinajstić information content (AvgIpc) is 3.67. The second-order valence-electron chi connectivity index (χ2n) is 9.19. The molecule has 0 radical (unpaired) electrons. The van der Waals surface area contributed by atoms with E-state index in [2.05, 4.69) is 15.5 Å². The Labute approximate surface area is 208 Å². The first-order valence-corrected chi connectivity index (χ1v) is 12.4. The molecule has 198 valence electrons. The van der Waals surface area contributed by atoms with Crippen molar-refractivity contribution in [1.29, 1.82) is 0 Å². The van der Waals surface area contributed by atoms with Crippen LogP contribution in [0.3, 0.4) is 0 Å². The van der Waals surface area contributed by atoms with Crippen LogP contribution < -0.4 is 16.2 Å². The number of anilines is 1. The number of nitrogens with one attached hydrogen (secondary N) is 2. The van der Waals surface area contributed by atoms with Crippen LogP contribution in [-0.2, 0) is 12.1 Å². The Kier molecular flexibility index (Phi) is 9.16. The zero-order valence-corrected chi connectivity index (χ0v) is 20.9. The smallest absolute Gasteiger partial charge is 0.266 e. The van der Waals surface area contributed by atoms with Gasteiger partial charge < -0.3 is 20.1 Å². The summed E-state index contributed by atoms with van der Waals surface area (Å²) in [5.74, 6) is -1.68. The minimum atomic E-state index is -2.97. The van der Waals surface area contributed by atoms with Gasteiger partial charge in [0.05, 0.1) is 22.4 Å². The third-order valence-electron chi connectivity index (χ3n) is 6.75. The molecule has 1 saturated carbocycles. The molecule has 0 atom stereocenters. The van der Waals surface area contributed by atoms with Crippen molar-refractivity contribution in [1.82, 2.24) is 14.8 Å². The largest absolute Gasteiger partial charge is 0.381 e. The molecule has 6 nitrogen and oxygen atoms in total. The van der Waals surface area contributed by atoms with Crippen LogP contribution in [0.1, 0.15) is 67.4 Å². The second kappa shape index (κ2) is 11.9. The maximum Gasteiger partial charge on any atom is 0.266 e. The van der Waals surface area contributed by atoms with Crippen LogP contribution in [0.5, 0.6) is 0 Å². The van der Waals surface area contributed by atoms with E-state index in [0.717, 1.165) is 32.0 Å². The molecule has 2 fully saturated rings. The van der Waals surface area contributed by atoms with Gasteiger partial charge >= 0.3 is 0 Å². The fourth-order valence-electron chi connectivity index (χ4n) is 4.34. The summed E-state index contributed by atoms with van der Waals surface area (Å²) in [5.41, 5.74) is -1.70. The van der Waals surface area contributed by atoms with Crippen molar-refractivity contribution in [3.63, 3.8) is 0 Å². The molecule has 10 heteroatoms. The number of amides is 1. The highest BCUT2D eigenvalue weighted by Gasteiger charge is 2.46. The Morgan fingerprint density at radius 1 is 1.19 bits per heavy atom. The predicted molar refractivity (Wildman–Crippen MR) is 132 cm³/mol. The summed E-state index contributed by atoms with van der Waals surface area (Å²) in [6.07, 6.45) is 1.02. The predicted octanol–water partition coefficient (Wildman–Crippen LogP) is 4.85. The molecule has 2 aliphatic rings. The fourth-order valence-corrected chi connectivity index (χ4v) is 4.34. The molecule has 1 aromatic heterocycles. The first-order valence-electron chi connectivity index (χ1n) is 12.4. The number of carbonyl (C=O) groups is 1. The maximum absolute atomic E-state index is 14.4. The molecule has 2 aromatic rings. The minimum Gasteiger partial charge on any atom is -0.381 e. The molecule has 0 spiro atoms. The van der Waals surface area contributed by atoms with E-state index in [-0.39, 0.29) is 23.7 Å². The van der Waals surface area contributed by atoms with Crippen molar-refractivity contribution in [3.8, 4) is 0 Å². The molecule has 1 saturated heterocycles. The zero-order valence-electron chi connectivity index (χ0n) is 20.9. The van der Waals surface area contributed by atoms with Crippen molar-refractivity contribution in [2.24, 2.45) is 0 Å². The average molecular weight is 511 g/mol.